The van der Waals surface area contributed by atoms with Gasteiger partial charge < -0.3 is 4.90 Å². The Morgan fingerprint density at radius 1 is 1.28 bits per heavy atom. The summed E-state index contributed by atoms with van der Waals surface area (Å²) in [5.41, 5.74) is 0.0964. The minimum atomic E-state index is -3.55. The number of carbonyl (C=O) groups excluding carboxylic acids is 1. The van der Waals surface area contributed by atoms with Crippen LogP contribution < -0.4 is 5.14 Å². The van der Waals surface area contributed by atoms with E-state index in [9.17, 15) is 22.0 Å². The Morgan fingerprint density at radius 2 is 1.96 bits per heavy atom. The van der Waals surface area contributed by atoms with Gasteiger partial charge in [0, 0.05) is 25.1 Å². The highest BCUT2D eigenvalue weighted by atomic mass is 32.2. The minimum absolute atomic E-state index is 0.0922. The van der Waals surface area contributed by atoms with Gasteiger partial charge in [-0.3, -0.25) is 4.79 Å². The van der Waals surface area contributed by atoms with E-state index in [4.69, 9.17) is 5.14 Å². The minimum Gasteiger partial charge on any atom is -0.342 e. The van der Waals surface area contributed by atoms with Crippen molar-refractivity contribution in [3.05, 3.63) is 35.4 Å². The lowest BCUT2D eigenvalue weighted by Crippen LogP contribution is -2.40. The Balaban J connectivity index is 1.83. The number of primary sulfonamides is 1. The largest absolute Gasteiger partial charge is 0.342 e. The Bertz CT molecular complexity index is 690. The van der Waals surface area contributed by atoms with E-state index < -0.39 is 21.7 Å². The molecule has 1 amide bonds. The van der Waals surface area contributed by atoms with Crippen LogP contribution in [0.4, 0.5) is 8.78 Å². The van der Waals surface area contributed by atoms with Gasteiger partial charge in [-0.2, -0.15) is 0 Å². The van der Waals surface area contributed by atoms with E-state index in [0.29, 0.717) is 25.9 Å². The summed E-state index contributed by atoms with van der Waals surface area (Å²) in [5.74, 6) is -1.18. The summed E-state index contributed by atoms with van der Waals surface area (Å²) in [6.07, 6.45) is 3.02. The number of nitrogens with two attached hydrogens (primary N) is 1. The molecule has 140 valence electrons. The summed E-state index contributed by atoms with van der Waals surface area (Å²) in [7, 11) is -3.55. The van der Waals surface area contributed by atoms with Crippen LogP contribution in [0.3, 0.4) is 0 Å². The van der Waals surface area contributed by atoms with Gasteiger partial charge in [-0.05, 0) is 50.2 Å². The van der Waals surface area contributed by atoms with Gasteiger partial charge in [0.05, 0.1) is 5.75 Å². The maximum atomic E-state index is 13.7. The van der Waals surface area contributed by atoms with Crippen molar-refractivity contribution in [2.45, 2.75) is 38.5 Å². The fourth-order valence-corrected chi connectivity index (χ4v) is 3.78. The summed E-state index contributed by atoms with van der Waals surface area (Å²) in [5, 5.41) is 4.93. The Labute approximate surface area is 147 Å². The molecule has 8 heteroatoms. The third kappa shape index (κ3) is 6.36. The predicted octanol–water partition coefficient (Wildman–Crippen LogP) is 2.20. The number of halogens is 2. The number of hydrogen-bond acceptors (Lipinski definition) is 3. The molecule has 2 rings (SSSR count). The van der Waals surface area contributed by atoms with Crippen molar-refractivity contribution >= 4 is 15.9 Å². The zero-order valence-electron chi connectivity index (χ0n) is 14.1. The number of rotatable bonds is 7. The zero-order valence-corrected chi connectivity index (χ0v) is 14.9. The van der Waals surface area contributed by atoms with Gasteiger partial charge >= 0.3 is 0 Å². The normalized spacial score (nSPS) is 18.4. The lowest BCUT2D eigenvalue weighted by molar-refractivity contribution is -0.133. The van der Waals surface area contributed by atoms with Gasteiger partial charge in [0.1, 0.15) is 11.6 Å². The quantitative estimate of drug-likeness (QED) is 0.794. The third-order valence-electron chi connectivity index (χ3n) is 4.56. The molecule has 1 unspecified atom stereocenters. The second kappa shape index (κ2) is 8.71. The smallest absolute Gasteiger partial charge is 0.222 e. The fraction of sp³-hybridized carbons (Fsp3) is 0.588. The van der Waals surface area contributed by atoms with Crippen molar-refractivity contribution in [2.75, 3.05) is 18.8 Å². The molecule has 2 N–H and O–H groups in total. The van der Waals surface area contributed by atoms with Crippen molar-refractivity contribution in [2.24, 2.45) is 11.1 Å². The van der Waals surface area contributed by atoms with Crippen molar-refractivity contribution in [3.8, 4) is 0 Å². The van der Waals surface area contributed by atoms with E-state index >= 15 is 0 Å². The molecule has 0 aliphatic carbocycles. The number of nitrogens with zero attached hydrogens (tertiary/aromatic N) is 1. The molecule has 0 aromatic heterocycles. The van der Waals surface area contributed by atoms with Gasteiger partial charge in [0.25, 0.3) is 0 Å². The van der Waals surface area contributed by atoms with Crippen molar-refractivity contribution < 1.29 is 22.0 Å². The van der Waals surface area contributed by atoms with Gasteiger partial charge in [-0.15, -0.1) is 0 Å². The highest BCUT2D eigenvalue weighted by Crippen LogP contribution is 2.24. The van der Waals surface area contributed by atoms with Crippen molar-refractivity contribution in [1.82, 2.24) is 4.90 Å². The number of carbonyl (C=O) groups is 1. The van der Waals surface area contributed by atoms with E-state index in [-0.39, 0.29) is 36.0 Å². The topological polar surface area (TPSA) is 80.5 Å². The van der Waals surface area contributed by atoms with Gasteiger partial charge in [0.15, 0.2) is 0 Å². The molecule has 0 saturated carbocycles. The number of likely N-dealkylation sites (tertiary alicyclic amines) is 1. The third-order valence-corrected chi connectivity index (χ3v) is 5.41. The van der Waals surface area contributed by atoms with E-state index in [0.717, 1.165) is 12.8 Å². The summed E-state index contributed by atoms with van der Waals surface area (Å²) in [6, 6.07) is 3.85. The van der Waals surface area contributed by atoms with Gasteiger partial charge in [-0.25, -0.2) is 22.3 Å². The van der Waals surface area contributed by atoms with Crippen LogP contribution in [-0.4, -0.2) is 38.1 Å². The zero-order chi connectivity index (χ0) is 18.4. The first-order chi connectivity index (χ1) is 11.8. The lowest BCUT2D eigenvalue weighted by Gasteiger charge is -2.33. The van der Waals surface area contributed by atoms with E-state index in [1.165, 1.54) is 18.2 Å². The molecule has 1 saturated heterocycles. The first kappa shape index (κ1) is 19.8. The van der Waals surface area contributed by atoms with Crippen LogP contribution in [0.15, 0.2) is 18.2 Å². The molecular weight excluding hydrogens is 350 g/mol. The molecule has 1 aromatic carbocycles. The highest BCUT2D eigenvalue weighted by Gasteiger charge is 2.24. The van der Waals surface area contributed by atoms with Crippen LogP contribution in [0.1, 0.15) is 37.7 Å². The molecule has 25 heavy (non-hydrogen) atoms. The lowest BCUT2D eigenvalue weighted by atomic mass is 9.91. The van der Waals surface area contributed by atoms with Crippen molar-refractivity contribution in [3.63, 3.8) is 0 Å². The van der Waals surface area contributed by atoms with Gasteiger partial charge in [-0.1, -0.05) is 6.07 Å². The average molecular weight is 374 g/mol. The van der Waals surface area contributed by atoms with Crippen LogP contribution in [0.5, 0.6) is 0 Å². The standard InChI is InChI=1S/C17H24F2N2O3S/c18-15-5-1-6-16(19)14(15)9-8-13-4-2-10-21(12-13)17(22)7-3-11-25(20,23)24/h1,5-6,13H,2-4,7-12H2,(H2,20,23,24). The fourth-order valence-electron chi connectivity index (χ4n) is 3.23. The maximum absolute atomic E-state index is 13.7. The molecule has 0 spiro atoms. The second-order valence-electron chi connectivity index (χ2n) is 6.56. The number of sulfonamides is 1. The molecular formula is C17H24F2N2O3S. The number of benzene rings is 1. The number of piperidine rings is 1. The molecule has 1 atom stereocenters. The molecule has 0 bridgehead atoms. The van der Waals surface area contributed by atoms with Crippen LogP contribution in [0, 0.1) is 17.6 Å². The molecule has 1 heterocycles. The SMILES string of the molecule is NS(=O)(=O)CCCC(=O)N1CCCC(CCc2c(F)cccc2F)C1. The first-order valence-corrected chi connectivity index (χ1v) is 10.2. The predicted molar refractivity (Wildman–Crippen MR) is 91.2 cm³/mol. The summed E-state index contributed by atoms with van der Waals surface area (Å²) in [4.78, 5) is 13.9. The van der Waals surface area contributed by atoms with Crippen LogP contribution in [-0.2, 0) is 21.2 Å². The average Bonchev–Trinajstić information content (AvgIpc) is 2.53. The summed E-state index contributed by atoms with van der Waals surface area (Å²) < 4.78 is 49.2. The van der Waals surface area contributed by atoms with Crippen molar-refractivity contribution in [1.29, 1.82) is 0 Å². The maximum Gasteiger partial charge on any atom is 0.222 e. The molecule has 1 aliphatic heterocycles. The van der Waals surface area contributed by atoms with Crippen LogP contribution >= 0.6 is 0 Å². The monoisotopic (exact) mass is 374 g/mol. The Hall–Kier alpha value is -1.54. The second-order valence-corrected chi connectivity index (χ2v) is 8.29. The number of amides is 1. The number of hydrogen-bond donors (Lipinski definition) is 1. The molecule has 1 aliphatic rings. The van der Waals surface area contributed by atoms with Gasteiger partial charge in [0.2, 0.25) is 15.9 Å². The Morgan fingerprint density at radius 3 is 2.60 bits per heavy atom. The van der Waals surface area contributed by atoms with E-state index in [2.05, 4.69) is 0 Å². The first-order valence-electron chi connectivity index (χ1n) is 8.47. The summed E-state index contributed by atoms with van der Waals surface area (Å²) >= 11 is 0. The van der Waals surface area contributed by atoms with E-state index in [1.807, 2.05) is 0 Å². The Kier molecular flexibility index (Phi) is 6.89. The summed E-state index contributed by atoms with van der Waals surface area (Å²) in [6.45, 7) is 1.18. The van der Waals surface area contributed by atoms with E-state index in [1.54, 1.807) is 4.90 Å². The molecule has 1 fully saturated rings. The molecule has 1 aromatic rings. The van der Waals surface area contributed by atoms with Crippen LogP contribution in [0.25, 0.3) is 0 Å². The molecule has 0 radical (unpaired) electrons. The highest BCUT2D eigenvalue weighted by molar-refractivity contribution is 7.89. The van der Waals surface area contributed by atoms with Crippen LogP contribution in [0.2, 0.25) is 0 Å². The molecule has 5 nitrogen and oxygen atoms in total.